The molecule has 1 heterocycles. The van der Waals surface area contributed by atoms with Gasteiger partial charge in [0.25, 0.3) is 0 Å². The van der Waals surface area contributed by atoms with Gasteiger partial charge in [-0.3, -0.25) is 4.98 Å². The Bertz CT molecular complexity index is 505. The maximum absolute atomic E-state index is 9.83. The van der Waals surface area contributed by atoms with Crippen molar-refractivity contribution in [3.63, 3.8) is 0 Å². The standard InChI is InChI=1S/C15H17BrN2O2/c16-13-3-5-15(6-4-13)20-11-14(19)10-18-9-12-2-1-7-17-8-12/h1-8,14,18-19H,9-11H2. The molecule has 4 nitrogen and oxygen atoms in total. The minimum atomic E-state index is -0.546. The quantitative estimate of drug-likeness (QED) is 0.815. The van der Waals surface area contributed by atoms with Crippen LogP contribution in [0.25, 0.3) is 0 Å². The molecule has 0 spiro atoms. The lowest BCUT2D eigenvalue weighted by Gasteiger charge is -2.13. The molecule has 2 aromatic rings. The summed E-state index contributed by atoms with van der Waals surface area (Å²) >= 11 is 3.36. The van der Waals surface area contributed by atoms with Crippen molar-refractivity contribution in [1.82, 2.24) is 10.3 Å². The van der Waals surface area contributed by atoms with Crippen molar-refractivity contribution in [2.45, 2.75) is 12.6 Å². The van der Waals surface area contributed by atoms with E-state index in [1.807, 2.05) is 36.4 Å². The highest BCUT2D eigenvalue weighted by Crippen LogP contribution is 2.16. The lowest BCUT2D eigenvalue weighted by molar-refractivity contribution is 0.106. The molecule has 106 valence electrons. The van der Waals surface area contributed by atoms with E-state index in [1.54, 1.807) is 12.4 Å². The van der Waals surface area contributed by atoms with Gasteiger partial charge in [0.05, 0.1) is 0 Å². The summed E-state index contributed by atoms with van der Waals surface area (Å²) in [5.41, 5.74) is 1.09. The molecule has 2 N–H and O–H groups in total. The number of benzene rings is 1. The molecule has 1 unspecified atom stereocenters. The smallest absolute Gasteiger partial charge is 0.119 e. The molecule has 0 aliphatic heterocycles. The summed E-state index contributed by atoms with van der Waals surface area (Å²) < 4.78 is 6.51. The highest BCUT2D eigenvalue weighted by atomic mass is 79.9. The number of halogens is 1. The number of aliphatic hydroxyl groups is 1. The highest BCUT2D eigenvalue weighted by Gasteiger charge is 2.05. The second-order valence-electron chi connectivity index (χ2n) is 4.41. The van der Waals surface area contributed by atoms with Gasteiger partial charge in [-0.05, 0) is 35.9 Å². The van der Waals surface area contributed by atoms with Crippen LogP contribution in [0, 0.1) is 0 Å². The van der Waals surface area contributed by atoms with Gasteiger partial charge in [0.1, 0.15) is 18.5 Å². The van der Waals surface area contributed by atoms with Crippen molar-refractivity contribution in [2.24, 2.45) is 0 Å². The fourth-order valence-corrected chi connectivity index (χ4v) is 1.93. The van der Waals surface area contributed by atoms with Crippen LogP contribution in [0.4, 0.5) is 0 Å². The topological polar surface area (TPSA) is 54.4 Å². The monoisotopic (exact) mass is 336 g/mol. The van der Waals surface area contributed by atoms with Crippen LogP contribution in [0.5, 0.6) is 5.75 Å². The first kappa shape index (κ1) is 15.0. The summed E-state index contributed by atoms with van der Waals surface area (Å²) in [6.45, 7) is 1.43. The molecule has 0 radical (unpaired) electrons. The summed E-state index contributed by atoms with van der Waals surface area (Å²) in [4.78, 5) is 4.03. The van der Waals surface area contributed by atoms with Gasteiger partial charge in [0.15, 0.2) is 0 Å². The van der Waals surface area contributed by atoms with E-state index in [4.69, 9.17) is 4.74 Å². The molecule has 0 aliphatic carbocycles. The molecular weight excluding hydrogens is 320 g/mol. The fraction of sp³-hybridized carbons (Fsp3) is 0.267. The SMILES string of the molecule is OC(CNCc1cccnc1)COc1ccc(Br)cc1. The Balaban J connectivity index is 1.65. The first-order valence-electron chi connectivity index (χ1n) is 6.40. The zero-order valence-corrected chi connectivity index (χ0v) is 12.6. The van der Waals surface area contributed by atoms with Crippen molar-refractivity contribution in [3.8, 4) is 5.75 Å². The van der Waals surface area contributed by atoms with Gasteiger partial charge in [0, 0.05) is 30.0 Å². The Morgan fingerprint density at radius 3 is 2.75 bits per heavy atom. The molecule has 0 fully saturated rings. The molecule has 1 aromatic carbocycles. The minimum Gasteiger partial charge on any atom is -0.491 e. The molecule has 0 bridgehead atoms. The van der Waals surface area contributed by atoms with Crippen LogP contribution in [0.15, 0.2) is 53.3 Å². The number of hydrogen-bond donors (Lipinski definition) is 2. The molecule has 0 aliphatic rings. The van der Waals surface area contributed by atoms with E-state index in [2.05, 4.69) is 26.2 Å². The zero-order chi connectivity index (χ0) is 14.2. The van der Waals surface area contributed by atoms with Crippen molar-refractivity contribution in [2.75, 3.05) is 13.2 Å². The van der Waals surface area contributed by atoms with Gasteiger partial charge in [-0.2, -0.15) is 0 Å². The maximum Gasteiger partial charge on any atom is 0.119 e. The van der Waals surface area contributed by atoms with E-state index >= 15 is 0 Å². The van der Waals surface area contributed by atoms with Crippen LogP contribution >= 0.6 is 15.9 Å². The Morgan fingerprint density at radius 2 is 2.05 bits per heavy atom. The third-order valence-electron chi connectivity index (χ3n) is 2.69. The van der Waals surface area contributed by atoms with Crippen LogP contribution in [0.1, 0.15) is 5.56 Å². The molecule has 0 amide bonds. The average Bonchev–Trinajstić information content (AvgIpc) is 2.48. The van der Waals surface area contributed by atoms with Crippen molar-refractivity contribution in [3.05, 3.63) is 58.8 Å². The van der Waals surface area contributed by atoms with Gasteiger partial charge in [-0.1, -0.05) is 22.0 Å². The van der Waals surface area contributed by atoms with E-state index in [1.165, 1.54) is 0 Å². The van der Waals surface area contributed by atoms with Crippen LogP contribution in [-0.2, 0) is 6.54 Å². The summed E-state index contributed by atoms with van der Waals surface area (Å²) in [7, 11) is 0. The Kier molecular flexibility index (Phi) is 5.98. The van der Waals surface area contributed by atoms with Gasteiger partial charge < -0.3 is 15.2 Å². The average molecular weight is 337 g/mol. The lowest BCUT2D eigenvalue weighted by Crippen LogP contribution is -2.31. The highest BCUT2D eigenvalue weighted by molar-refractivity contribution is 9.10. The van der Waals surface area contributed by atoms with Gasteiger partial charge in [-0.15, -0.1) is 0 Å². The molecule has 0 saturated carbocycles. The molecular formula is C15H17BrN2O2. The second kappa shape index (κ2) is 7.99. The number of hydrogen-bond acceptors (Lipinski definition) is 4. The largest absolute Gasteiger partial charge is 0.491 e. The number of pyridine rings is 1. The van der Waals surface area contributed by atoms with Crippen molar-refractivity contribution in [1.29, 1.82) is 0 Å². The van der Waals surface area contributed by atoms with Crippen LogP contribution in [-0.4, -0.2) is 29.3 Å². The summed E-state index contributed by atoms with van der Waals surface area (Å²) in [6, 6.07) is 11.4. The summed E-state index contributed by atoms with van der Waals surface area (Å²) in [5.74, 6) is 0.750. The lowest BCUT2D eigenvalue weighted by atomic mass is 10.3. The Hall–Kier alpha value is -1.43. The minimum absolute atomic E-state index is 0.266. The third-order valence-corrected chi connectivity index (χ3v) is 3.22. The number of ether oxygens (including phenoxy) is 1. The molecule has 1 aromatic heterocycles. The van der Waals surface area contributed by atoms with E-state index < -0.39 is 6.10 Å². The molecule has 0 saturated heterocycles. The third kappa shape index (κ3) is 5.28. The van der Waals surface area contributed by atoms with E-state index in [-0.39, 0.29) is 6.61 Å². The van der Waals surface area contributed by atoms with Crippen molar-refractivity contribution < 1.29 is 9.84 Å². The van der Waals surface area contributed by atoms with Gasteiger partial charge >= 0.3 is 0 Å². The number of nitrogens with zero attached hydrogens (tertiary/aromatic N) is 1. The van der Waals surface area contributed by atoms with Crippen LogP contribution < -0.4 is 10.1 Å². The fourth-order valence-electron chi connectivity index (χ4n) is 1.67. The van der Waals surface area contributed by atoms with Crippen molar-refractivity contribution >= 4 is 15.9 Å². The number of rotatable bonds is 7. The Morgan fingerprint density at radius 1 is 1.25 bits per heavy atom. The van der Waals surface area contributed by atoms with Gasteiger partial charge in [0.2, 0.25) is 0 Å². The predicted octanol–water partition coefficient (Wildman–Crippen LogP) is 2.37. The summed E-state index contributed by atoms with van der Waals surface area (Å²) in [6.07, 6.45) is 3.00. The maximum atomic E-state index is 9.83. The number of nitrogens with one attached hydrogen (secondary N) is 1. The normalized spacial score (nSPS) is 12.1. The molecule has 5 heteroatoms. The van der Waals surface area contributed by atoms with E-state index in [0.717, 1.165) is 15.8 Å². The van der Waals surface area contributed by atoms with Gasteiger partial charge in [-0.25, -0.2) is 0 Å². The number of aromatic nitrogens is 1. The first-order chi connectivity index (χ1) is 9.74. The first-order valence-corrected chi connectivity index (χ1v) is 7.19. The van der Waals surface area contributed by atoms with Crippen LogP contribution in [0.3, 0.4) is 0 Å². The Labute approximate surface area is 126 Å². The molecule has 2 rings (SSSR count). The molecule has 20 heavy (non-hydrogen) atoms. The van der Waals surface area contributed by atoms with E-state index in [9.17, 15) is 5.11 Å². The predicted molar refractivity (Wildman–Crippen MR) is 81.6 cm³/mol. The second-order valence-corrected chi connectivity index (χ2v) is 5.33. The molecule has 1 atom stereocenters. The summed E-state index contributed by atoms with van der Waals surface area (Å²) in [5, 5.41) is 13.0. The number of aliphatic hydroxyl groups excluding tert-OH is 1. The zero-order valence-electron chi connectivity index (χ0n) is 11.0. The van der Waals surface area contributed by atoms with E-state index in [0.29, 0.717) is 13.1 Å². The van der Waals surface area contributed by atoms with Crippen LogP contribution in [0.2, 0.25) is 0 Å².